The van der Waals surface area contributed by atoms with E-state index in [-0.39, 0.29) is 11.8 Å². The van der Waals surface area contributed by atoms with Crippen LogP contribution in [0.1, 0.15) is 60.6 Å². The first-order valence-corrected chi connectivity index (χ1v) is 15.1. The second-order valence-corrected chi connectivity index (χ2v) is 11.3. The Bertz CT molecular complexity index is 1360. The fourth-order valence-electron chi connectivity index (χ4n) is 5.85. The molecule has 2 aromatic carbocycles. The van der Waals surface area contributed by atoms with Crippen LogP contribution in [-0.2, 0) is 29.7 Å². The number of aromatic nitrogens is 2. The minimum absolute atomic E-state index is 0.0328. The van der Waals surface area contributed by atoms with Gasteiger partial charge in [-0.25, -0.2) is 0 Å². The molecule has 3 heterocycles. The number of methoxy groups -OCH3 is 1. The summed E-state index contributed by atoms with van der Waals surface area (Å²) in [5.74, 6) is 0.752. The van der Waals surface area contributed by atoms with Gasteiger partial charge in [-0.1, -0.05) is 31.4 Å². The molecule has 9 nitrogen and oxygen atoms in total. The molecule has 9 heteroatoms. The Morgan fingerprint density at radius 3 is 2.33 bits per heavy atom. The Kier molecular flexibility index (Phi) is 9.92. The summed E-state index contributed by atoms with van der Waals surface area (Å²) in [6.07, 6.45) is 5.12. The fourth-order valence-corrected chi connectivity index (χ4v) is 5.85. The van der Waals surface area contributed by atoms with Crippen LogP contribution in [-0.4, -0.2) is 77.9 Å². The Labute approximate surface area is 249 Å². The van der Waals surface area contributed by atoms with Crippen molar-refractivity contribution in [2.24, 2.45) is 7.05 Å². The van der Waals surface area contributed by atoms with Crippen LogP contribution < -0.4 is 9.64 Å². The van der Waals surface area contributed by atoms with E-state index in [1.54, 1.807) is 18.7 Å². The summed E-state index contributed by atoms with van der Waals surface area (Å²) in [4.78, 5) is 33.2. The number of ether oxygens (including phenoxy) is 2. The first kappa shape index (κ1) is 29.8. The molecule has 0 saturated carbocycles. The van der Waals surface area contributed by atoms with Crippen molar-refractivity contribution in [3.05, 3.63) is 65.4 Å². The first-order valence-electron chi connectivity index (χ1n) is 15.1. The van der Waals surface area contributed by atoms with Crippen LogP contribution in [0.25, 0.3) is 11.3 Å². The predicted molar refractivity (Wildman–Crippen MR) is 164 cm³/mol. The zero-order valence-electron chi connectivity index (χ0n) is 25.2. The Balaban J connectivity index is 1.45. The van der Waals surface area contributed by atoms with Crippen molar-refractivity contribution in [3.8, 4) is 17.0 Å². The Morgan fingerprint density at radius 1 is 0.905 bits per heavy atom. The number of hydrogen-bond acceptors (Lipinski definition) is 6. The van der Waals surface area contributed by atoms with Crippen LogP contribution in [0, 0.1) is 0 Å². The maximum atomic E-state index is 14.1. The smallest absolute Gasteiger partial charge is 0.272 e. The van der Waals surface area contributed by atoms with Crippen molar-refractivity contribution >= 4 is 17.5 Å². The highest BCUT2D eigenvalue weighted by atomic mass is 16.5. The molecule has 224 valence electrons. The molecule has 1 fully saturated rings. The van der Waals surface area contributed by atoms with E-state index in [0.717, 1.165) is 93.2 Å². The summed E-state index contributed by atoms with van der Waals surface area (Å²) in [7, 11) is 3.46. The molecule has 5 rings (SSSR count). The van der Waals surface area contributed by atoms with E-state index in [0.29, 0.717) is 25.3 Å². The minimum atomic E-state index is -0.0560. The van der Waals surface area contributed by atoms with E-state index in [9.17, 15) is 9.59 Å². The molecule has 1 saturated heterocycles. The highest BCUT2D eigenvalue weighted by Gasteiger charge is 2.25. The standard InChI is InChI=1S/C33H43N5O4/c1-25(39)38-16-8-6-4-5-7-15-37(24-28-10-9-26(21-31(28)38)23-36-17-19-42-20-18-36)33(40)32-22-30(34-35(32)2)27-11-13-29(41-3)14-12-27/h9-14,21-22H,4-8,15-20,23-24H2,1-3H3. The second-order valence-electron chi connectivity index (χ2n) is 11.3. The molecule has 2 aliphatic heterocycles. The summed E-state index contributed by atoms with van der Waals surface area (Å²) in [5, 5.41) is 4.66. The Morgan fingerprint density at radius 2 is 1.62 bits per heavy atom. The highest BCUT2D eigenvalue weighted by Crippen LogP contribution is 2.28. The Hall–Kier alpha value is -3.69. The van der Waals surface area contributed by atoms with Gasteiger partial charge < -0.3 is 19.3 Å². The normalized spacial score (nSPS) is 17.2. The summed E-state index contributed by atoms with van der Waals surface area (Å²) in [5.41, 5.74) is 5.28. The molecule has 3 aromatic rings. The monoisotopic (exact) mass is 573 g/mol. The lowest BCUT2D eigenvalue weighted by atomic mass is 10.0. The van der Waals surface area contributed by atoms with Gasteiger partial charge in [0, 0.05) is 64.5 Å². The SMILES string of the molecule is COc1ccc(-c2cc(C(=O)N3CCCCCCCN(C(C)=O)c4cc(CN5CCOCC5)ccc4C3)n(C)n2)cc1. The van der Waals surface area contributed by atoms with E-state index >= 15 is 0 Å². The van der Waals surface area contributed by atoms with Crippen LogP contribution in [0.5, 0.6) is 5.75 Å². The van der Waals surface area contributed by atoms with Gasteiger partial charge in [-0.15, -0.1) is 0 Å². The molecule has 0 spiro atoms. The molecule has 0 radical (unpaired) electrons. The second kappa shape index (κ2) is 14.0. The number of aryl methyl sites for hydroxylation is 1. The zero-order chi connectivity index (χ0) is 29.5. The van der Waals surface area contributed by atoms with Gasteiger partial charge in [-0.2, -0.15) is 5.10 Å². The lowest BCUT2D eigenvalue weighted by Gasteiger charge is -2.30. The van der Waals surface area contributed by atoms with Crippen molar-refractivity contribution in [2.45, 2.75) is 52.1 Å². The predicted octanol–water partition coefficient (Wildman–Crippen LogP) is 4.89. The van der Waals surface area contributed by atoms with Gasteiger partial charge in [0.05, 0.1) is 26.0 Å². The molecule has 0 unspecified atom stereocenters. The number of fused-ring (bicyclic) bond motifs is 1. The van der Waals surface area contributed by atoms with Crippen LogP contribution in [0.15, 0.2) is 48.5 Å². The van der Waals surface area contributed by atoms with E-state index in [2.05, 4.69) is 28.2 Å². The van der Waals surface area contributed by atoms with Gasteiger partial charge in [0.1, 0.15) is 11.4 Å². The minimum Gasteiger partial charge on any atom is -0.497 e. The van der Waals surface area contributed by atoms with Crippen molar-refractivity contribution < 1.29 is 19.1 Å². The molecule has 0 bridgehead atoms. The van der Waals surface area contributed by atoms with Crippen LogP contribution in [0.2, 0.25) is 0 Å². The third-order valence-electron chi connectivity index (χ3n) is 8.27. The maximum Gasteiger partial charge on any atom is 0.272 e. The lowest BCUT2D eigenvalue weighted by Crippen LogP contribution is -2.36. The summed E-state index contributed by atoms with van der Waals surface area (Å²) in [6, 6.07) is 16.0. The number of nitrogens with zero attached hydrogens (tertiary/aromatic N) is 5. The summed E-state index contributed by atoms with van der Waals surface area (Å²) in [6.45, 7) is 7.52. The van der Waals surface area contributed by atoms with Crippen LogP contribution >= 0.6 is 0 Å². The third-order valence-corrected chi connectivity index (χ3v) is 8.27. The van der Waals surface area contributed by atoms with Gasteiger partial charge in [0.15, 0.2) is 0 Å². The molecule has 2 amide bonds. The largest absolute Gasteiger partial charge is 0.497 e. The van der Waals surface area contributed by atoms with E-state index in [1.165, 1.54) is 5.56 Å². The average Bonchev–Trinajstić information content (AvgIpc) is 3.39. The van der Waals surface area contributed by atoms with Crippen molar-refractivity contribution in [1.29, 1.82) is 0 Å². The fraction of sp³-hybridized carbons (Fsp3) is 0.485. The number of morpholine rings is 1. The molecular weight excluding hydrogens is 530 g/mol. The van der Waals surface area contributed by atoms with Crippen LogP contribution in [0.3, 0.4) is 0 Å². The van der Waals surface area contributed by atoms with E-state index in [1.807, 2.05) is 47.2 Å². The molecular formula is C33H43N5O4. The van der Waals surface area contributed by atoms with Gasteiger partial charge in [-0.05, 0) is 60.4 Å². The number of rotatable bonds is 5. The number of carbonyl (C=O) groups is 2. The number of amides is 2. The molecule has 0 N–H and O–H groups in total. The van der Waals surface area contributed by atoms with E-state index in [4.69, 9.17) is 9.47 Å². The van der Waals surface area contributed by atoms with Gasteiger partial charge >= 0.3 is 0 Å². The molecule has 0 atom stereocenters. The molecule has 0 aliphatic carbocycles. The van der Waals surface area contributed by atoms with Crippen molar-refractivity contribution in [3.63, 3.8) is 0 Å². The number of hydrogen-bond donors (Lipinski definition) is 0. The van der Waals surface area contributed by atoms with E-state index < -0.39 is 0 Å². The van der Waals surface area contributed by atoms with Crippen LogP contribution in [0.4, 0.5) is 5.69 Å². The third kappa shape index (κ3) is 7.20. The molecule has 2 aliphatic rings. The maximum absolute atomic E-state index is 14.1. The number of carbonyl (C=O) groups excluding carboxylic acids is 2. The number of benzene rings is 2. The van der Waals surface area contributed by atoms with Crippen molar-refractivity contribution in [1.82, 2.24) is 19.6 Å². The molecule has 1 aromatic heterocycles. The van der Waals surface area contributed by atoms with Crippen molar-refractivity contribution in [2.75, 3.05) is 51.4 Å². The zero-order valence-corrected chi connectivity index (χ0v) is 25.2. The molecule has 42 heavy (non-hydrogen) atoms. The quantitative estimate of drug-likeness (QED) is 0.433. The lowest BCUT2D eigenvalue weighted by molar-refractivity contribution is -0.116. The number of anilines is 1. The topological polar surface area (TPSA) is 80.1 Å². The summed E-state index contributed by atoms with van der Waals surface area (Å²) >= 11 is 0. The van der Waals surface area contributed by atoms with Gasteiger partial charge in [0.2, 0.25) is 5.91 Å². The van der Waals surface area contributed by atoms with Gasteiger partial charge in [-0.3, -0.25) is 19.2 Å². The highest BCUT2D eigenvalue weighted by molar-refractivity contribution is 5.95. The average molecular weight is 574 g/mol. The van der Waals surface area contributed by atoms with Gasteiger partial charge in [0.25, 0.3) is 5.91 Å². The summed E-state index contributed by atoms with van der Waals surface area (Å²) < 4.78 is 12.5. The first-order chi connectivity index (χ1) is 20.4.